The van der Waals surface area contributed by atoms with Crippen LogP contribution in [0.3, 0.4) is 0 Å². The molecule has 1 N–H and O–H groups in total. The Morgan fingerprint density at radius 1 is 1.09 bits per heavy atom. The molecule has 8 nitrogen and oxygen atoms in total. The first-order valence-corrected chi connectivity index (χ1v) is 6.80. The van der Waals surface area contributed by atoms with Gasteiger partial charge in [-0.3, -0.25) is 4.79 Å². The summed E-state index contributed by atoms with van der Waals surface area (Å²) in [6.45, 7) is -0.549. The lowest BCUT2D eigenvalue weighted by molar-refractivity contribution is -0.410. The molecule has 0 saturated carbocycles. The van der Waals surface area contributed by atoms with E-state index in [9.17, 15) is 9.90 Å². The van der Waals surface area contributed by atoms with E-state index in [1.165, 1.54) is 21.3 Å². The minimum atomic E-state index is -1.40. The van der Waals surface area contributed by atoms with Gasteiger partial charge in [0.2, 0.25) is 0 Å². The van der Waals surface area contributed by atoms with Gasteiger partial charge in [0.15, 0.2) is 18.0 Å². The van der Waals surface area contributed by atoms with Crippen LogP contribution < -0.4 is 0 Å². The molecule has 1 aromatic rings. The van der Waals surface area contributed by atoms with Crippen LogP contribution in [0, 0.1) is 0 Å². The maximum atomic E-state index is 12.7. The number of ketones is 1. The van der Waals surface area contributed by atoms with Crippen LogP contribution in [0.4, 0.5) is 0 Å². The Kier molecular flexibility index (Phi) is 8.74. The minimum absolute atomic E-state index is 0.469. The summed E-state index contributed by atoms with van der Waals surface area (Å²) in [7, 11) is 3.66. The van der Waals surface area contributed by atoms with Crippen molar-refractivity contribution >= 4 is 5.78 Å². The molecule has 0 aliphatic carbocycles. The summed E-state index contributed by atoms with van der Waals surface area (Å²) in [6, 6.07) is 8.48. The average Bonchev–Trinajstić information content (AvgIpc) is 2.62. The molecule has 0 fully saturated rings. The maximum Gasteiger partial charge on any atom is 0.183 e. The molecule has 0 amide bonds. The van der Waals surface area contributed by atoms with Crippen LogP contribution in [0.2, 0.25) is 0 Å². The van der Waals surface area contributed by atoms with Crippen LogP contribution in [0.5, 0.6) is 0 Å². The molecule has 0 aromatic heterocycles. The molecule has 1 rings (SSSR count). The second kappa shape index (κ2) is 11.2. The number of Topliss-reactive ketones (excluding diaryl/α,β-unsaturated/α-hetero) is 1. The summed E-state index contributed by atoms with van der Waals surface area (Å²) in [6.07, 6.45) is -4.99. The Labute approximate surface area is 136 Å². The normalized spacial score (nSPS) is 17.1. The van der Waals surface area contributed by atoms with E-state index in [1.54, 1.807) is 30.3 Å². The molecule has 23 heavy (non-hydrogen) atoms. The Bertz CT molecular complexity index is 472. The van der Waals surface area contributed by atoms with E-state index in [2.05, 4.69) is 14.7 Å². The van der Waals surface area contributed by atoms with E-state index < -0.39 is 37.1 Å². The summed E-state index contributed by atoms with van der Waals surface area (Å²) in [5, 5.41) is 9.41. The molecule has 0 aliphatic rings. The second-order valence-corrected chi connectivity index (χ2v) is 4.35. The van der Waals surface area contributed by atoms with E-state index in [1.807, 2.05) is 0 Å². The lowest BCUT2D eigenvalue weighted by atomic mass is 9.99. The summed E-state index contributed by atoms with van der Waals surface area (Å²) in [4.78, 5) is 41.2. The summed E-state index contributed by atoms with van der Waals surface area (Å²) in [5.74, 6) is -0.664. The lowest BCUT2D eigenvalue weighted by Crippen LogP contribution is -2.48. The van der Waals surface area contributed by atoms with Crippen LogP contribution in [0.15, 0.2) is 30.3 Å². The van der Waals surface area contributed by atoms with Crippen molar-refractivity contribution in [2.24, 2.45) is 0 Å². The van der Waals surface area contributed by atoms with E-state index in [-0.39, 0.29) is 0 Å². The van der Waals surface area contributed by atoms with Crippen LogP contribution >= 0.6 is 0 Å². The second-order valence-electron chi connectivity index (χ2n) is 4.35. The molecule has 0 radical (unpaired) electrons. The van der Waals surface area contributed by atoms with Crippen molar-refractivity contribution in [1.82, 2.24) is 0 Å². The lowest BCUT2D eigenvalue weighted by Gasteiger charge is -2.27. The Morgan fingerprint density at radius 3 is 2.22 bits per heavy atom. The van der Waals surface area contributed by atoms with Gasteiger partial charge < -0.3 is 5.11 Å². The summed E-state index contributed by atoms with van der Waals surface area (Å²) in [5.41, 5.74) is 0.469. The molecule has 130 valence electrons. The molecule has 4 atom stereocenters. The highest BCUT2D eigenvalue weighted by molar-refractivity contribution is 5.85. The molecule has 0 saturated heterocycles. The largest absolute Gasteiger partial charge is 0.393 e. The topological polar surface area (TPSA) is 92.7 Å². The standard InChI is InChI=1S/C15H22O8/c1-18-21-13(10-16)15(23-20-3)14(22-19-2)12(17)9-11-7-5-4-6-8-11/h4-8,13-16H,9-10H2,1-3H3/t13-,14-,15+/m1/s1/i9D/t9?,13-,14-,15+. The van der Waals surface area contributed by atoms with Crippen LogP contribution in [-0.2, 0) is 40.5 Å². The van der Waals surface area contributed by atoms with Crippen LogP contribution in [0.1, 0.15) is 6.93 Å². The average molecular weight is 331 g/mol. The number of aliphatic hydroxyl groups excluding tert-OH is 1. The van der Waals surface area contributed by atoms with Crippen molar-refractivity contribution in [2.45, 2.75) is 24.7 Å². The highest BCUT2D eigenvalue weighted by atomic mass is 17.2. The van der Waals surface area contributed by atoms with Crippen molar-refractivity contribution in [1.29, 1.82) is 0 Å². The third kappa shape index (κ3) is 6.32. The van der Waals surface area contributed by atoms with Gasteiger partial charge in [-0.05, 0) is 5.56 Å². The smallest absolute Gasteiger partial charge is 0.183 e. The zero-order valence-electron chi connectivity index (χ0n) is 14.2. The van der Waals surface area contributed by atoms with Gasteiger partial charge in [0.25, 0.3) is 0 Å². The van der Waals surface area contributed by atoms with Crippen molar-refractivity contribution in [3.8, 4) is 0 Å². The van der Waals surface area contributed by atoms with E-state index in [0.29, 0.717) is 5.56 Å². The molecule has 8 heteroatoms. The number of aliphatic hydroxyl groups is 1. The highest BCUT2D eigenvalue weighted by Gasteiger charge is 2.39. The van der Waals surface area contributed by atoms with Gasteiger partial charge in [-0.2, -0.15) is 0 Å². The number of carbonyl (C=O) groups is 1. The fraction of sp³-hybridized carbons (Fsp3) is 0.533. The van der Waals surface area contributed by atoms with Gasteiger partial charge in [-0.15, -0.1) is 0 Å². The monoisotopic (exact) mass is 331 g/mol. The number of hydrogen-bond acceptors (Lipinski definition) is 8. The third-order valence-corrected chi connectivity index (χ3v) is 2.86. The molecular weight excluding hydrogens is 308 g/mol. The first kappa shape index (κ1) is 18.0. The molecule has 1 unspecified atom stereocenters. The van der Waals surface area contributed by atoms with E-state index in [4.69, 9.17) is 16.0 Å². The van der Waals surface area contributed by atoms with Gasteiger partial charge in [-0.25, -0.2) is 29.3 Å². The van der Waals surface area contributed by atoms with E-state index >= 15 is 0 Å². The zero-order chi connectivity index (χ0) is 17.9. The van der Waals surface area contributed by atoms with Crippen molar-refractivity contribution < 1.29 is 40.6 Å². The van der Waals surface area contributed by atoms with Gasteiger partial charge in [0, 0.05) is 7.77 Å². The van der Waals surface area contributed by atoms with Crippen molar-refractivity contribution in [3.63, 3.8) is 0 Å². The number of carbonyl (C=O) groups excluding carboxylic acids is 1. The molecule has 0 bridgehead atoms. The van der Waals surface area contributed by atoms with Gasteiger partial charge in [0.05, 0.1) is 27.9 Å². The number of benzene rings is 1. The fourth-order valence-corrected chi connectivity index (χ4v) is 1.89. The minimum Gasteiger partial charge on any atom is -0.393 e. The number of rotatable bonds is 12. The predicted octanol–water partition coefficient (Wildman–Crippen LogP) is 0.630. The first-order valence-electron chi connectivity index (χ1n) is 7.38. The Balaban J connectivity index is 3.04. The molecule has 0 spiro atoms. The quantitative estimate of drug-likeness (QED) is 0.440. The van der Waals surface area contributed by atoms with Gasteiger partial charge >= 0.3 is 0 Å². The Morgan fingerprint density at radius 2 is 1.70 bits per heavy atom. The summed E-state index contributed by atoms with van der Waals surface area (Å²) < 4.78 is 8.14. The fourth-order valence-electron chi connectivity index (χ4n) is 1.89. The van der Waals surface area contributed by atoms with Crippen molar-refractivity contribution in [2.75, 3.05) is 27.9 Å². The number of hydrogen-bond donors (Lipinski definition) is 1. The SMILES string of the molecule is [2H]C(C(=O)[C@@H](OOC)[C@@H](OOC)[C@@H](CO)OOC)c1ccccc1. The first-order chi connectivity index (χ1) is 11.6. The van der Waals surface area contributed by atoms with Crippen LogP contribution in [-0.4, -0.2) is 57.1 Å². The molecule has 1 aromatic carbocycles. The Hall–Kier alpha value is -1.39. The van der Waals surface area contributed by atoms with Gasteiger partial charge in [-0.1, -0.05) is 30.3 Å². The molecular formula is C15H22O8. The molecule has 0 heterocycles. The third-order valence-electron chi connectivity index (χ3n) is 2.86. The van der Waals surface area contributed by atoms with Crippen molar-refractivity contribution in [3.05, 3.63) is 35.9 Å². The maximum absolute atomic E-state index is 12.7. The predicted molar refractivity (Wildman–Crippen MR) is 77.9 cm³/mol. The zero-order valence-corrected chi connectivity index (χ0v) is 13.2. The van der Waals surface area contributed by atoms with Gasteiger partial charge in [0.1, 0.15) is 6.10 Å². The summed E-state index contributed by atoms with van der Waals surface area (Å²) >= 11 is 0. The highest BCUT2D eigenvalue weighted by Crippen LogP contribution is 2.16. The van der Waals surface area contributed by atoms with Crippen LogP contribution in [0.25, 0.3) is 0 Å². The van der Waals surface area contributed by atoms with E-state index in [0.717, 1.165) is 0 Å². The molecule has 0 aliphatic heterocycles.